The number of amides is 1. The van der Waals surface area contributed by atoms with Crippen molar-refractivity contribution in [3.63, 3.8) is 0 Å². The standard InChI is InChI=1S/C18H23F2NO3/c1-18(10-3-2-6-13(18)17(23)24)21-16(22)7-4-5-12-8-9-14(19)15(20)11-12/h8-9,11,13H,2-7,10H2,1H3,(H,21,22)(H,23,24). The molecule has 24 heavy (non-hydrogen) atoms. The largest absolute Gasteiger partial charge is 0.481 e. The summed E-state index contributed by atoms with van der Waals surface area (Å²) in [5.41, 5.74) is -0.0858. The van der Waals surface area contributed by atoms with Crippen molar-refractivity contribution in [2.75, 3.05) is 0 Å². The number of rotatable bonds is 6. The number of carbonyl (C=O) groups excluding carboxylic acids is 1. The molecule has 1 amide bonds. The molecule has 1 saturated carbocycles. The van der Waals surface area contributed by atoms with Crippen molar-refractivity contribution in [3.05, 3.63) is 35.4 Å². The Hall–Kier alpha value is -1.98. The molecule has 0 aromatic heterocycles. The van der Waals surface area contributed by atoms with Crippen molar-refractivity contribution in [1.29, 1.82) is 0 Å². The first-order valence-corrected chi connectivity index (χ1v) is 8.29. The highest BCUT2D eigenvalue weighted by Crippen LogP contribution is 2.34. The summed E-state index contributed by atoms with van der Waals surface area (Å²) in [5, 5.41) is 12.2. The molecule has 1 aliphatic carbocycles. The Morgan fingerprint density at radius 3 is 2.71 bits per heavy atom. The molecular formula is C18H23F2NO3. The number of aryl methyl sites for hydroxylation is 1. The highest BCUT2D eigenvalue weighted by molar-refractivity contribution is 5.79. The topological polar surface area (TPSA) is 66.4 Å². The van der Waals surface area contributed by atoms with Crippen molar-refractivity contribution >= 4 is 11.9 Å². The molecular weight excluding hydrogens is 316 g/mol. The summed E-state index contributed by atoms with van der Waals surface area (Å²) in [6, 6.07) is 3.71. The Morgan fingerprint density at radius 2 is 2.04 bits per heavy atom. The number of aliphatic carboxylic acids is 1. The Labute approximate surface area is 140 Å². The minimum absolute atomic E-state index is 0.201. The van der Waals surface area contributed by atoms with Crippen molar-refractivity contribution < 1.29 is 23.5 Å². The van der Waals surface area contributed by atoms with E-state index in [9.17, 15) is 23.5 Å². The predicted octanol–water partition coefficient (Wildman–Crippen LogP) is 3.44. The molecule has 2 unspecified atom stereocenters. The van der Waals surface area contributed by atoms with E-state index in [1.165, 1.54) is 6.07 Å². The van der Waals surface area contributed by atoms with Gasteiger partial charge >= 0.3 is 5.97 Å². The molecule has 132 valence electrons. The average molecular weight is 339 g/mol. The van der Waals surface area contributed by atoms with Gasteiger partial charge < -0.3 is 10.4 Å². The van der Waals surface area contributed by atoms with E-state index in [4.69, 9.17) is 0 Å². The highest BCUT2D eigenvalue weighted by Gasteiger charge is 2.41. The number of carboxylic acids is 1. The summed E-state index contributed by atoms with van der Waals surface area (Å²) in [6.45, 7) is 1.79. The SMILES string of the molecule is CC1(NC(=O)CCCc2ccc(F)c(F)c2)CCCCC1C(=O)O. The summed E-state index contributed by atoms with van der Waals surface area (Å²) in [7, 11) is 0. The average Bonchev–Trinajstić information content (AvgIpc) is 2.50. The second kappa shape index (κ2) is 7.73. The van der Waals surface area contributed by atoms with Crippen LogP contribution < -0.4 is 5.32 Å². The maximum atomic E-state index is 13.1. The summed E-state index contributed by atoms with van der Waals surface area (Å²) in [6.07, 6.45) is 4.16. The van der Waals surface area contributed by atoms with Crippen LogP contribution in [0, 0.1) is 17.6 Å². The first-order valence-electron chi connectivity index (χ1n) is 8.29. The van der Waals surface area contributed by atoms with Crippen LogP contribution in [0.15, 0.2) is 18.2 Å². The molecule has 0 spiro atoms. The third-order valence-electron chi connectivity index (χ3n) is 4.78. The smallest absolute Gasteiger partial charge is 0.308 e. The summed E-state index contributed by atoms with van der Waals surface area (Å²) >= 11 is 0. The summed E-state index contributed by atoms with van der Waals surface area (Å²) in [5.74, 6) is -3.42. The molecule has 1 fully saturated rings. The van der Waals surface area contributed by atoms with Crippen molar-refractivity contribution in [2.24, 2.45) is 5.92 Å². The summed E-state index contributed by atoms with van der Waals surface area (Å²) < 4.78 is 26.0. The lowest BCUT2D eigenvalue weighted by Crippen LogP contribution is -2.55. The second-order valence-electron chi connectivity index (χ2n) is 6.70. The Bertz CT molecular complexity index is 620. The van der Waals surface area contributed by atoms with Gasteiger partial charge in [0.25, 0.3) is 0 Å². The fraction of sp³-hybridized carbons (Fsp3) is 0.556. The molecule has 1 aliphatic rings. The van der Waals surface area contributed by atoms with Gasteiger partial charge in [0.2, 0.25) is 5.91 Å². The molecule has 4 nitrogen and oxygen atoms in total. The molecule has 0 heterocycles. The van der Waals surface area contributed by atoms with Crippen molar-refractivity contribution in [3.8, 4) is 0 Å². The van der Waals surface area contributed by atoms with Gasteiger partial charge in [0.15, 0.2) is 11.6 Å². The second-order valence-corrected chi connectivity index (χ2v) is 6.70. The van der Waals surface area contributed by atoms with Gasteiger partial charge in [-0.15, -0.1) is 0 Å². The van der Waals surface area contributed by atoms with Crippen LogP contribution in [-0.4, -0.2) is 22.5 Å². The molecule has 0 bridgehead atoms. The minimum Gasteiger partial charge on any atom is -0.481 e. The highest BCUT2D eigenvalue weighted by atomic mass is 19.2. The van der Waals surface area contributed by atoms with Gasteiger partial charge in [-0.25, -0.2) is 8.78 Å². The van der Waals surface area contributed by atoms with E-state index in [-0.39, 0.29) is 12.3 Å². The van der Waals surface area contributed by atoms with Gasteiger partial charge in [0, 0.05) is 6.42 Å². The maximum absolute atomic E-state index is 13.1. The van der Waals surface area contributed by atoms with E-state index in [0.29, 0.717) is 31.2 Å². The minimum atomic E-state index is -0.893. The Morgan fingerprint density at radius 1 is 1.29 bits per heavy atom. The fourth-order valence-corrected chi connectivity index (χ4v) is 3.41. The van der Waals surface area contributed by atoms with E-state index >= 15 is 0 Å². The molecule has 1 aromatic rings. The number of carbonyl (C=O) groups is 2. The number of nitrogens with one attached hydrogen (secondary N) is 1. The zero-order chi connectivity index (χ0) is 17.7. The first kappa shape index (κ1) is 18.4. The van der Waals surface area contributed by atoms with Crippen LogP contribution in [0.1, 0.15) is 51.0 Å². The number of carboxylic acid groups (broad SMARTS) is 1. The molecule has 0 saturated heterocycles. The van der Waals surface area contributed by atoms with Crippen LogP contribution in [0.5, 0.6) is 0 Å². The molecule has 2 rings (SSSR count). The van der Waals surface area contributed by atoms with Gasteiger partial charge in [-0.1, -0.05) is 18.9 Å². The van der Waals surface area contributed by atoms with E-state index in [0.717, 1.165) is 25.0 Å². The number of hydrogen-bond donors (Lipinski definition) is 2. The monoisotopic (exact) mass is 339 g/mol. The van der Waals surface area contributed by atoms with E-state index in [1.807, 2.05) is 0 Å². The quantitative estimate of drug-likeness (QED) is 0.834. The Balaban J connectivity index is 1.85. The molecule has 0 aliphatic heterocycles. The van der Waals surface area contributed by atoms with Crippen LogP contribution in [-0.2, 0) is 16.0 Å². The van der Waals surface area contributed by atoms with Crippen LogP contribution >= 0.6 is 0 Å². The molecule has 0 radical (unpaired) electrons. The molecule has 2 N–H and O–H groups in total. The van der Waals surface area contributed by atoms with Crippen molar-refractivity contribution in [2.45, 2.75) is 57.4 Å². The lowest BCUT2D eigenvalue weighted by atomic mass is 9.74. The van der Waals surface area contributed by atoms with Gasteiger partial charge in [-0.3, -0.25) is 9.59 Å². The van der Waals surface area contributed by atoms with Crippen LogP contribution in [0.3, 0.4) is 0 Å². The third-order valence-corrected chi connectivity index (χ3v) is 4.78. The van der Waals surface area contributed by atoms with E-state index in [2.05, 4.69) is 5.32 Å². The maximum Gasteiger partial charge on any atom is 0.308 e. The van der Waals surface area contributed by atoms with Crippen LogP contribution in [0.2, 0.25) is 0 Å². The lowest BCUT2D eigenvalue weighted by molar-refractivity contribution is -0.146. The number of halogens is 2. The zero-order valence-electron chi connectivity index (χ0n) is 13.8. The molecule has 2 atom stereocenters. The third kappa shape index (κ3) is 4.52. The fourth-order valence-electron chi connectivity index (χ4n) is 3.41. The summed E-state index contributed by atoms with van der Waals surface area (Å²) in [4.78, 5) is 23.6. The first-order chi connectivity index (χ1) is 11.3. The normalized spacial score (nSPS) is 23.7. The Kier molecular flexibility index (Phi) is 5.91. The number of hydrogen-bond acceptors (Lipinski definition) is 2. The predicted molar refractivity (Wildman–Crippen MR) is 85.4 cm³/mol. The van der Waals surface area contributed by atoms with Gasteiger partial charge in [-0.2, -0.15) is 0 Å². The van der Waals surface area contributed by atoms with Crippen LogP contribution in [0.25, 0.3) is 0 Å². The van der Waals surface area contributed by atoms with Crippen molar-refractivity contribution in [1.82, 2.24) is 5.32 Å². The molecule has 1 aromatic carbocycles. The van der Waals surface area contributed by atoms with E-state index in [1.54, 1.807) is 6.92 Å². The molecule has 6 heteroatoms. The van der Waals surface area contributed by atoms with Crippen LogP contribution in [0.4, 0.5) is 8.78 Å². The van der Waals surface area contributed by atoms with Gasteiger partial charge in [0.05, 0.1) is 11.5 Å². The van der Waals surface area contributed by atoms with Gasteiger partial charge in [0.1, 0.15) is 0 Å². The van der Waals surface area contributed by atoms with Gasteiger partial charge in [-0.05, 0) is 50.3 Å². The lowest BCUT2D eigenvalue weighted by Gasteiger charge is -2.39. The zero-order valence-corrected chi connectivity index (χ0v) is 13.8. The van der Waals surface area contributed by atoms with E-state index < -0.39 is 29.1 Å². The number of benzene rings is 1.